The van der Waals surface area contributed by atoms with Gasteiger partial charge in [-0.15, -0.1) is 0 Å². The first-order valence-electron chi connectivity index (χ1n) is 7.89. The largest absolute Gasteiger partial charge is 0.434 e. The molecule has 4 heteroatoms. The number of rotatable bonds is 10. The molecule has 1 unspecified atom stereocenters. The second-order valence-electron chi connectivity index (χ2n) is 5.34. The average molecular weight is 299 g/mol. The SMILES string of the molecule is CCCNC(CC(CC)CC)c1ccccc1OC(F)F. The van der Waals surface area contributed by atoms with Crippen LogP contribution < -0.4 is 10.1 Å². The van der Waals surface area contributed by atoms with Crippen molar-refractivity contribution in [2.45, 2.75) is 59.1 Å². The number of hydrogen-bond acceptors (Lipinski definition) is 2. The summed E-state index contributed by atoms with van der Waals surface area (Å²) >= 11 is 0. The Kier molecular flexibility index (Phi) is 8.28. The van der Waals surface area contributed by atoms with Gasteiger partial charge < -0.3 is 10.1 Å². The molecule has 0 aromatic heterocycles. The number of alkyl halides is 2. The van der Waals surface area contributed by atoms with Crippen molar-refractivity contribution < 1.29 is 13.5 Å². The van der Waals surface area contributed by atoms with Gasteiger partial charge in [-0.3, -0.25) is 0 Å². The molecule has 0 aliphatic rings. The highest BCUT2D eigenvalue weighted by Gasteiger charge is 2.20. The van der Waals surface area contributed by atoms with E-state index in [1.54, 1.807) is 12.1 Å². The highest BCUT2D eigenvalue weighted by Crippen LogP contribution is 2.32. The van der Waals surface area contributed by atoms with E-state index in [9.17, 15) is 8.78 Å². The molecule has 21 heavy (non-hydrogen) atoms. The highest BCUT2D eigenvalue weighted by molar-refractivity contribution is 5.36. The Hall–Kier alpha value is -1.16. The quantitative estimate of drug-likeness (QED) is 0.644. The van der Waals surface area contributed by atoms with Crippen LogP contribution in [0.3, 0.4) is 0 Å². The summed E-state index contributed by atoms with van der Waals surface area (Å²) in [5, 5.41) is 3.47. The van der Waals surface area contributed by atoms with Gasteiger partial charge in [0.25, 0.3) is 0 Å². The number of benzene rings is 1. The van der Waals surface area contributed by atoms with Crippen LogP contribution in [-0.2, 0) is 0 Å². The molecule has 0 amide bonds. The van der Waals surface area contributed by atoms with E-state index in [0.717, 1.165) is 37.8 Å². The van der Waals surface area contributed by atoms with E-state index < -0.39 is 6.61 Å². The Bertz CT molecular complexity index is 394. The molecular weight excluding hydrogens is 272 g/mol. The molecule has 2 nitrogen and oxygen atoms in total. The first-order chi connectivity index (χ1) is 10.1. The minimum Gasteiger partial charge on any atom is -0.434 e. The zero-order valence-corrected chi connectivity index (χ0v) is 13.2. The predicted molar refractivity (Wildman–Crippen MR) is 82.8 cm³/mol. The maximum Gasteiger partial charge on any atom is 0.387 e. The second kappa shape index (κ2) is 9.72. The van der Waals surface area contributed by atoms with Crippen LogP contribution in [-0.4, -0.2) is 13.2 Å². The minimum atomic E-state index is -2.79. The molecule has 120 valence electrons. The third-order valence-electron chi connectivity index (χ3n) is 3.87. The summed E-state index contributed by atoms with van der Waals surface area (Å²) in [6.45, 7) is 4.53. The topological polar surface area (TPSA) is 21.3 Å². The number of halogens is 2. The molecule has 0 aliphatic heterocycles. The van der Waals surface area contributed by atoms with E-state index >= 15 is 0 Å². The molecule has 0 bridgehead atoms. The summed E-state index contributed by atoms with van der Waals surface area (Å²) in [6, 6.07) is 7.17. The Balaban J connectivity index is 2.95. The lowest BCUT2D eigenvalue weighted by molar-refractivity contribution is -0.0507. The lowest BCUT2D eigenvalue weighted by atomic mass is 9.90. The van der Waals surface area contributed by atoms with E-state index in [4.69, 9.17) is 0 Å². The lowest BCUT2D eigenvalue weighted by Crippen LogP contribution is -2.25. The van der Waals surface area contributed by atoms with Crippen molar-refractivity contribution in [2.75, 3.05) is 6.54 Å². The van der Waals surface area contributed by atoms with Crippen LogP contribution in [0.1, 0.15) is 58.1 Å². The van der Waals surface area contributed by atoms with E-state index in [1.807, 2.05) is 12.1 Å². The summed E-state index contributed by atoms with van der Waals surface area (Å²) in [4.78, 5) is 0. The van der Waals surface area contributed by atoms with Crippen molar-refractivity contribution >= 4 is 0 Å². The van der Waals surface area contributed by atoms with Gasteiger partial charge in [0.05, 0.1) is 0 Å². The van der Waals surface area contributed by atoms with Gasteiger partial charge in [0.2, 0.25) is 0 Å². The third kappa shape index (κ3) is 6.00. The molecule has 0 saturated carbocycles. The van der Waals surface area contributed by atoms with Crippen LogP contribution in [0.4, 0.5) is 8.78 Å². The maximum absolute atomic E-state index is 12.6. The van der Waals surface area contributed by atoms with Gasteiger partial charge in [-0.2, -0.15) is 8.78 Å². The fourth-order valence-electron chi connectivity index (χ4n) is 2.57. The first kappa shape index (κ1) is 17.9. The Morgan fingerprint density at radius 3 is 2.33 bits per heavy atom. The number of ether oxygens (including phenoxy) is 1. The molecule has 0 radical (unpaired) electrons. The fourth-order valence-corrected chi connectivity index (χ4v) is 2.57. The van der Waals surface area contributed by atoms with Crippen LogP contribution in [0.25, 0.3) is 0 Å². The highest BCUT2D eigenvalue weighted by atomic mass is 19.3. The van der Waals surface area contributed by atoms with Gasteiger partial charge in [-0.05, 0) is 31.4 Å². The molecular formula is C17H27F2NO. The van der Waals surface area contributed by atoms with Crippen molar-refractivity contribution in [3.05, 3.63) is 29.8 Å². The monoisotopic (exact) mass is 299 g/mol. The van der Waals surface area contributed by atoms with Gasteiger partial charge in [-0.25, -0.2) is 0 Å². The number of para-hydroxylation sites is 1. The molecule has 0 saturated heterocycles. The zero-order valence-electron chi connectivity index (χ0n) is 13.2. The average Bonchev–Trinajstić information content (AvgIpc) is 2.48. The molecule has 1 aromatic carbocycles. The molecule has 0 heterocycles. The molecule has 0 aliphatic carbocycles. The van der Waals surface area contributed by atoms with Gasteiger partial charge in [-0.1, -0.05) is 51.8 Å². The molecule has 1 N–H and O–H groups in total. The minimum absolute atomic E-state index is 0.0600. The van der Waals surface area contributed by atoms with Gasteiger partial charge in [0.15, 0.2) is 0 Å². The van der Waals surface area contributed by atoms with Crippen molar-refractivity contribution in [1.29, 1.82) is 0 Å². The second-order valence-corrected chi connectivity index (χ2v) is 5.34. The van der Waals surface area contributed by atoms with Crippen LogP contribution in [0, 0.1) is 5.92 Å². The summed E-state index contributed by atoms with van der Waals surface area (Å²) in [5.41, 5.74) is 0.832. The Morgan fingerprint density at radius 1 is 1.10 bits per heavy atom. The Morgan fingerprint density at radius 2 is 1.76 bits per heavy atom. The van der Waals surface area contributed by atoms with Crippen molar-refractivity contribution in [2.24, 2.45) is 5.92 Å². The number of hydrogen-bond donors (Lipinski definition) is 1. The normalized spacial score (nSPS) is 12.9. The standard InChI is InChI=1S/C17H27F2NO/c1-4-11-20-15(12-13(5-2)6-3)14-9-7-8-10-16(14)21-17(18)19/h7-10,13,15,17,20H,4-6,11-12H2,1-3H3. The van der Waals surface area contributed by atoms with Crippen LogP contribution in [0.2, 0.25) is 0 Å². The van der Waals surface area contributed by atoms with Gasteiger partial charge in [0.1, 0.15) is 5.75 Å². The van der Waals surface area contributed by atoms with Crippen LogP contribution >= 0.6 is 0 Å². The first-order valence-corrected chi connectivity index (χ1v) is 7.89. The maximum atomic E-state index is 12.6. The summed E-state index contributed by atoms with van der Waals surface area (Å²) < 4.78 is 29.8. The number of nitrogens with one attached hydrogen (secondary N) is 1. The summed E-state index contributed by atoms with van der Waals surface area (Å²) in [6.07, 6.45) is 4.14. The van der Waals surface area contributed by atoms with Crippen LogP contribution in [0.5, 0.6) is 5.75 Å². The van der Waals surface area contributed by atoms with E-state index in [-0.39, 0.29) is 11.8 Å². The zero-order chi connectivity index (χ0) is 15.7. The Labute approximate surface area is 126 Å². The summed E-state index contributed by atoms with van der Waals surface area (Å²) in [7, 11) is 0. The molecule has 0 fully saturated rings. The smallest absolute Gasteiger partial charge is 0.387 e. The van der Waals surface area contributed by atoms with Gasteiger partial charge >= 0.3 is 6.61 Å². The van der Waals surface area contributed by atoms with E-state index in [2.05, 4.69) is 30.8 Å². The molecule has 0 spiro atoms. The van der Waals surface area contributed by atoms with E-state index in [1.165, 1.54) is 0 Å². The van der Waals surface area contributed by atoms with Crippen LogP contribution in [0.15, 0.2) is 24.3 Å². The molecule has 1 atom stereocenters. The molecule has 1 rings (SSSR count). The van der Waals surface area contributed by atoms with E-state index in [0.29, 0.717) is 5.92 Å². The lowest BCUT2D eigenvalue weighted by Gasteiger charge is -2.25. The van der Waals surface area contributed by atoms with Gasteiger partial charge in [0, 0.05) is 11.6 Å². The summed E-state index contributed by atoms with van der Waals surface area (Å²) in [5.74, 6) is 0.867. The van der Waals surface area contributed by atoms with Crippen molar-refractivity contribution in [3.63, 3.8) is 0 Å². The third-order valence-corrected chi connectivity index (χ3v) is 3.87. The van der Waals surface area contributed by atoms with Crippen molar-refractivity contribution in [3.8, 4) is 5.75 Å². The molecule has 1 aromatic rings. The fraction of sp³-hybridized carbons (Fsp3) is 0.647. The predicted octanol–water partition coefficient (Wildman–Crippen LogP) is 5.16. The van der Waals surface area contributed by atoms with Crippen molar-refractivity contribution in [1.82, 2.24) is 5.32 Å².